The Morgan fingerprint density at radius 1 is 1.50 bits per heavy atom. The molecular weight excluding hydrogens is 208 g/mol. The number of nitrogens with one attached hydrogen (secondary N) is 1. The number of benzene rings is 1. The van der Waals surface area contributed by atoms with Crippen LogP contribution in [0.15, 0.2) is 24.3 Å². The van der Waals surface area contributed by atoms with Gasteiger partial charge in [-0.1, -0.05) is 6.07 Å². The lowest BCUT2D eigenvalue weighted by Gasteiger charge is -2.12. The standard InChI is InChI=1S/C11H12N2O3/c1-16-9-4-2-3-8(7-9)10(14)13-6-5-12-11(13)15/h2-4,7H,5-6H2,1H3,(H,12,15). The van der Waals surface area contributed by atoms with Crippen molar-refractivity contribution in [2.45, 2.75) is 0 Å². The summed E-state index contributed by atoms with van der Waals surface area (Å²) in [6, 6.07) is 6.42. The molecule has 2 rings (SSSR count). The van der Waals surface area contributed by atoms with Crippen molar-refractivity contribution in [1.82, 2.24) is 10.2 Å². The summed E-state index contributed by atoms with van der Waals surface area (Å²) >= 11 is 0. The van der Waals surface area contributed by atoms with E-state index in [0.29, 0.717) is 24.4 Å². The molecule has 1 aliphatic heterocycles. The van der Waals surface area contributed by atoms with Crippen LogP contribution >= 0.6 is 0 Å². The maximum atomic E-state index is 11.9. The Morgan fingerprint density at radius 3 is 2.94 bits per heavy atom. The van der Waals surface area contributed by atoms with Crippen LogP contribution in [0, 0.1) is 0 Å². The molecule has 1 aromatic carbocycles. The Kier molecular flexibility index (Phi) is 2.76. The number of urea groups is 1. The summed E-state index contributed by atoms with van der Waals surface area (Å²) < 4.78 is 5.02. The van der Waals surface area contributed by atoms with Gasteiger partial charge in [-0.3, -0.25) is 9.69 Å². The number of methoxy groups -OCH3 is 1. The molecule has 0 aliphatic carbocycles. The number of carbonyl (C=O) groups excluding carboxylic acids is 2. The van der Waals surface area contributed by atoms with Crippen LogP contribution in [0.5, 0.6) is 5.75 Å². The summed E-state index contributed by atoms with van der Waals surface area (Å²) in [5, 5.41) is 2.58. The fraction of sp³-hybridized carbons (Fsp3) is 0.273. The summed E-state index contributed by atoms with van der Waals surface area (Å²) in [4.78, 5) is 24.4. The second-order valence-electron chi connectivity index (χ2n) is 3.42. The first-order chi connectivity index (χ1) is 7.72. The lowest BCUT2D eigenvalue weighted by molar-refractivity contribution is 0.0829. The maximum absolute atomic E-state index is 11.9. The van der Waals surface area contributed by atoms with Crippen LogP contribution in [0.3, 0.4) is 0 Å². The van der Waals surface area contributed by atoms with Crippen molar-refractivity contribution in [1.29, 1.82) is 0 Å². The lowest BCUT2D eigenvalue weighted by atomic mass is 10.2. The Bertz CT molecular complexity index is 431. The molecular formula is C11H12N2O3. The minimum atomic E-state index is -0.340. The summed E-state index contributed by atoms with van der Waals surface area (Å²) in [6.07, 6.45) is 0. The molecule has 1 fully saturated rings. The summed E-state index contributed by atoms with van der Waals surface area (Å²) in [7, 11) is 1.53. The Labute approximate surface area is 93.0 Å². The second-order valence-corrected chi connectivity index (χ2v) is 3.42. The van der Waals surface area contributed by atoms with Gasteiger partial charge in [-0.2, -0.15) is 0 Å². The first kappa shape index (κ1) is 10.5. The lowest BCUT2D eigenvalue weighted by Crippen LogP contribution is -2.34. The van der Waals surface area contributed by atoms with Crippen LogP contribution in [0.4, 0.5) is 4.79 Å². The molecule has 0 spiro atoms. The van der Waals surface area contributed by atoms with Crippen molar-refractivity contribution in [3.8, 4) is 5.75 Å². The molecule has 1 heterocycles. The second kappa shape index (κ2) is 4.22. The third-order valence-corrected chi connectivity index (χ3v) is 2.42. The molecule has 5 nitrogen and oxygen atoms in total. The highest BCUT2D eigenvalue weighted by Crippen LogP contribution is 2.15. The third kappa shape index (κ3) is 1.84. The fourth-order valence-electron chi connectivity index (χ4n) is 1.58. The van der Waals surface area contributed by atoms with Crippen molar-refractivity contribution in [3.05, 3.63) is 29.8 Å². The van der Waals surface area contributed by atoms with Gasteiger partial charge >= 0.3 is 6.03 Å². The van der Waals surface area contributed by atoms with E-state index in [9.17, 15) is 9.59 Å². The van der Waals surface area contributed by atoms with E-state index in [-0.39, 0.29) is 11.9 Å². The Morgan fingerprint density at radius 2 is 2.31 bits per heavy atom. The molecule has 0 saturated carbocycles. The molecule has 84 valence electrons. The van der Waals surface area contributed by atoms with E-state index >= 15 is 0 Å². The van der Waals surface area contributed by atoms with Gasteiger partial charge < -0.3 is 10.1 Å². The van der Waals surface area contributed by atoms with Gasteiger partial charge in [0.2, 0.25) is 0 Å². The molecule has 5 heteroatoms. The number of hydrogen-bond donors (Lipinski definition) is 1. The normalized spacial score (nSPS) is 14.8. The highest BCUT2D eigenvalue weighted by atomic mass is 16.5. The van der Waals surface area contributed by atoms with Gasteiger partial charge in [0, 0.05) is 18.7 Å². The number of imide groups is 1. The summed E-state index contributed by atoms with van der Waals surface area (Å²) in [6.45, 7) is 0.920. The van der Waals surface area contributed by atoms with Gasteiger partial charge in [0.25, 0.3) is 5.91 Å². The van der Waals surface area contributed by atoms with Crippen molar-refractivity contribution >= 4 is 11.9 Å². The SMILES string of the molecule is COc1cccc(C(=O)N2CCNC2=O)c1. The van der Waals surface area contributed by atoms with Gasteiger partial charge in [0.05, 0.1) is 7.11 Å². The van der Waals surface area contributed by atoms with Crippen LogP contribution in [-0.2, 0) is 0 Å². The predicted octanol–water partition coefficient (Wildman–Crippen LogP) is 0.861. The van der Waals surface area contributed by atoms with E-state index in [0.717, 1.165) is 0 Å². The highest BCUT2D eigenvalue weighted by molar-refractivity contribution is 6.05. The molecule has 0 aromatic heterocycles. The van der Waals surface area contributed by atoms with Crippen LogP contribution in [-0.4, -0.2) is 37.0 Å². The molecule has 1 aliphatic rings. The van der Waals surface area contributed by atoms with Crippen molar-refractivity contribution < 1.29 is 14.3 Å². The Balaban J connectivity index is 2.23. The van der Waals surface area contributed by atoms with Gasteiger partial charge in [-0.05, 0) is 18.2 Å². The highest BCUT2D eigenvalue weighted by Gasteiger charge is 2.27. The Hall–Kier alpha value is -2.04. The molecule has 3 amide bonds. The quantitative estimate of drug-likeness (QED) is 0.804. The molecule has 16 heavy (non-hydrogen) atoms. The zero-order valence-corrected chi connectivity index (χ0v) is 8.90. The van der Waals surface area contributed by atoms with Crippen LogP contribution in [0.2, 0.25) is 0 Å². The van der Waals surface area contributed by atoms with E-state index in [2.05, 4.69) is 5.32 Å². The minimum absolute atomic E-state index is 0.297. The zero-order valence-electron chi connectivity index (χ0n) is 8.90. The van der Waals surface area contributed by atoms with Crippen LogP contribution in [0.1, 0.15) is 10.4 Å². The van der Waals surface area contributed by atoms with Gasteiger partial charge in [-0.15, -0.1) is 0 Å². The summed E-state index contributed by atoms with van der Waals surface area (Å²) in [5.41, 5.74) is 0.455. The molecule has 1 aromatic rings. The number of ether oxygens (including phenoxy) is 1. The average Bonchev–Trinajstić information content (AvgIpc) is 2.74. The maximum Gasteiger partial charge on any atom is 0.324 e. The zero-order chi connectivity index (χ0) is 11.5. The fourth-order valence-corrected chi connectivity index (χ4v) is 1.58. The van der Waals surface area contributed by atoms with E-state index in [1.807, 2.05) is 0 Å². The van der Waals surface area contributed by atoms with Gasteiger partial charge in [0.15, 0.2) is 0 Å². The average molecular weight is 220 g/mol. The van der Waals surface area contributed by atoms with Crippen molar-refractivity contribution in [2.24, 2.45) is 0 Å². The first-order valence-corrected chi connectivity index (χ1v) is 4.96. The molecule has 0 unspecified atom stereocenters. The largest absolute Gasteiger partial charge is 0.497 e. The number of carbonyl (C=O) groups is 2. The minimum Gasteiger partial charge on any atom is -0.497 e. The predicted molar refractivity (Wildman–Crippen MR) is 57.4 cm³/mol. The van der Waals surface area contributed by atoms with E-state index < -0.39 is 0 Å². The molecule has 0 bridgehead atoms. The van der Waals surface area contributed by atoms with Crippen molar-refractivity contribution in [3.63, 3.8) is 0 Å². The number of hydrogen-bond acceptors (Lipinski definition) is 3. The van der Waals surface area contributed by atoms with Gasteiger partial charge in [-0.25, -0.2) is 4.79 Å². The van der Waals surface area contributed by atoms with Crippen LogP contribution < -0.4 is 10.1 Å². The molecule has 1 N–H and O–H groups in total. The number of amides is 3. The van der Waals surface area contributed by atoms with Gasteiger partial charge in [0.1, 0.15) is 5.75 Å². The number of rotatable bonds is 2. The topological polar surface area (TPSA) is 58.6 Å². The molecule has 0 radical (unpaired) electrons. The first-order valence-electron chi connectivity index (χ1n) is 4.96. The monoisotopic (exact) mass is 220 g/mol. The smallest absolute Gasteiger partial charge is 0.324 e. The molecule has 1 saturated heterocycles. The van der Waals surface area contributed by atoms with Crippen LogP contribution in [0.25, 0.3) is 0 Å². The molecule has 0 atom stereocenters. The van der Waals surface area contributed by atoms with E-state index in [1.165, 1.54) is 12.0 Å². The third-order valence-electron chi connectivity index (χ3n) is 2.42. The number of nitrogens with zero attached hydrogens (tertiary/aromatic N) is 1. The van der Waals surface area contributed by atoms with E-state index in [4.69, 9.17) is 4.74 Å². The van der Waals surface area contributed by atoms with E-state index in [1.54, 1.807) is 24.3 Å². The summed E-state index contributed by atoms with van der Waals surface area (Å²) in [5.74, 6) is 0.305. The van der Waals surface area contributed by atoms with Crippen molar-refractivity contribution in [2.75, 3.05) is 20.2 Å².